The monoisotopic (exact) mass is 251 g/mol. The van der Waals surface area contributed by atoms with Crippen molar-refractivity contribution in [2.45, 2.75) is 51.1 Å². The van der Waals surface area contributed by atoms with Gasteiger partial charge >= 0.3 is 0 Å². The minimum Gasteiger partial charge on any atom is -0.370 e. The van der Waals surface area contributed by atoms with Crippen molar-refractivity contribution in [3.63, 3.8) is 0 Å². The van der Waals surface area contributed by atoms with Crippen LogP contribution in [-0.4, -0.2) is 18.0 Å². The normalized spacial score (nSPS) is 19.5. The minimum atomic E-state index is 0.342. The van der Waals surface area contributed by atoms with Crippen LogP contribution < -0.4 is 11.1 Å². The average molecular weight is 251 g/mol. The highest BCUT2D eigenvalue weighted by Crippen LogP contribution is 2.20. The smallest absolute Gasteiger partial charge is 0.189 e. The number of nitrogens with two attached hydrogens (primary N) is 1. The lowest BCUT2D eigenvalue weighted by Crippen LogP contribution is -2.40. The van der Waals surface area contributed by atoms with Crippen LogP contribution in [0.3, 0.4) is 0 Å². The molecule has 1 aromatic rings. The molecule has 3 N–H and O–H groups in total. The van der Waals surface area contributed by atoms with Gasteiger partial charge in [-0.1, -0.05) is 12.8 Å². The molecule has 2 rings (SSSR count). The van der Waals surface area contributed by atoms with E-state index in [1.807, 2.05) is 0 Å². The molecule has 1 saturated carbocycles. The molecule has 1 aliphatic rings. The second-order valence-electron chi connectivity index (χ2n) is 4.83. The Kier molecular flexibility index (Phi) is 4.42. The lowest BCUT2D eigenvalue weighted by Gasteiger charge is -2.15. The van der Waals surface area contributed by atoms with E-state index < -0.39 is 0 Å². The molecule has 0 bridgehead atoms. The van der Waals surface area contributed by atoms with Gasteiger partial charge in [-0.25, -0.2) is 0 Å². The quantitative estimate of drug-likeness (QED) is 0.638. The molecule has 0 aromatic carbocycles. The summed E-state index contributed by atoms with van der Waals surface area (Å²) in [4.78, 5) is 4.53. The maximum absolute atomic E-state index is 5.92. The van der Waals surface area contributed by atoms with Crippen molar-refractivity contribution in [3.05, 3.63) is 22.4 Å². The number of nitrogens with zero attached hydrogens (tertiary/aromatic N) is 1. The molecule has 1 atom stereocenters. The summed E-state index contributed by atoms with van der Waals surface area (Å²) in [6.45, 7) is 2.15. The summed E-state index contributed by atoms with van der Waals surface area (Å²) in [5.41, 5.74) is 7.29. The number of hydrogen-bond acceptors (Lipinski definition) is 2. The summed E-state index contributed by atoms with van der Waals surface area (Å²) in [5, 5.41) is 7.57. The number of aliphatic imine (C=N–C) groups is 1. The minimum absolute atomic E-state index is 0.342. The van der Waals surface area contributed by atoms with Crippen LogP contribution in [0.5, 0.6) is 0 Å². The van der Waals surface area contributed by atoms with Gasteiger partial charge < -0.3 is 11.1 Å². The fraction of sp³-hybridized carbons (Fsp3) is 0.615. The van der Waals surface area contributed by atoms with Crippen LogP contribution in [0.4, 0.5) is 0 Å². The van der Waals surface area contributed by atoms with Gasteiger partial charge in [0.15, 0.2) is 5.96 Å². The van der Waals surface area contributed by atoms with Crippen molar-refractivity contribution >= 4 is 17.3 Å². The molecule has 0 aliphatic heterocycles. The predicted molar refractivity (Wildman–Crippen MR) is 74.5 cm³/mol. The van der Waals surface area contributed by atoms with Crippen molar-refractivity contribution in [2.24, 2.45) is 10.7 Å². The molecule has 3 nitrogen and oxygen atoms in total. The third-order valence-corrected chi connectivity index (χ3v) is 3.89. The molecule has 94 valence electrons. The van der Waals surface area contributed by atoms with Crippen molar-refractivity contribution in [1.29, 1.82) is 0 Å². The first-order valence-electron chi connectivity index (χ1n) is 6.35. The zero-order chi connectivity index (χ0) is 12.1. The first-order valence-corrected chi connectivity index (χ1v) is 7.29. The Balaban J connectivity index is 1.79. The lowest BCUT2D eigenvalue weighted by molar-refractivity contribution is 0.640. The van der Waals surface area contributed by atoms with Gasteiger partial charge in [0.2, 0.25) is 0 Å². The van der Waals surface area contributed by atoms with E-state index >= 15 is 0 Å². The van der Waals surface area contributed by atoms with Gasteiger partial charge in [0.25, 0.3) is 0 Å². The van der Waals surface area contributed by atoms with E-state index in [-0.39, 0.29) is 0 Å². The zero-order valence-electron chi connectivity index (χ0n) is 10.4. The molecule has 1 unspecified atom stereocenters. The second-order valence-corrected chi connectivity index (χ2v) is 5.61. The Labute approximate surface area is 107 Å². The van der Waals surface area contributed by atoms with Gasteiger partial charge in [-0.3, -0.25) is 4.99 Å². The second kappa shape index (κ2) is 6.05. The standard InChI is InChI=1S/C13H21N3S/c1-10(8-11-6-7-17-9-11)15-13(14)16-12-4-2-3-5-12/h6-7,9-10,12H,2-5,8H2,1H3,(H3,14,15,16). The molecule has 1 heterocycles. The highest BCUT2D eigenvalue weighted by Gasteiger charge is 2.14. The van der Waals surface area contributed by atoms with Gasteiger partial charge in [0.05, 0.1) is 6.04 Å². The van der Waals surface area contributed by atoms with E-state index in [0.29, 0.717) is 18.0 Å². The Hall–Kier alpha value is -1.03. The number of thiophene rings is 1. The molecule has 0 radical (unpaired) electrons. The SMILES string of the molecule is CC(Cc1ccsc1)NC(N)=NC1CCCC1. The summed E-state index contributed by atoms with van der Waals surface area (Å²) < 4.78 is 0. The number of rotatable bonds is 4. The fourth-order valence-electron chi connectivity index (χ4n) is 2.33. The highest BCUT2D eigenvalue weighted by molar-refractivity contribution is 7.07. The summed E-state index contributed by atoms with van der Waals surface area (Å²) in [6.07, 6.45) is 5.99. The van der Waals surface area contributed by atoms with Gasteiger partial charge in [0.1, 0.15) is 0 Å². The molecular formula is C13H21N3S. The molecule has 0 spiro atoms. The van der Waals surface area contributed by atoms with E-state index in [2.05, 4.69) is 34.1 Å². The number of guanidine groups is 1. The Morgan fingerprint density at radius 2 is 2.35 bits per heavy atom. The summed E-state index contributed by atoms with van der Waals surface area (Å²) in [7, 11) is 0. The number of hydrogen-bond donors (Lipinski definition) is 2. The topological polar surface area (TPSA) is 50.4 Å². The van der Waals surface area contributed by atoms with E-state index in [1.165, 1.54) is 31.2 Å². The Morgan fingerprint density at radius 3 is 3.00 bits per heavy atom. The Morgan fingerprint density at radius 1 is 1.59 bits per heavy atom. The van der Waals surface area contributed by atoms with Crippen LogP contribution in [0.15, 0.2) is 21.8 Å². The molecule has 1 aliphatic carbocycles. The van der Waals surface area contributed by atoms with Crippen LogP contribution in [0.25, 0.3) is 0 Å². The summed E-state index contributed by atoms with van der Waals surface area (Å²) >= 11 is 1.74. The third kappa shape index (κ3) is 4.04. The van der Waals surface area contributed by atoms with Crippen LogP contribution in [0, 0.1) is 0 Å². The van der Waals surface area contributed by atoms with Gasteiger partial charge in [0, 0.05) is 6.04 Å². The molecular weight excluding hydrogens is 230 g/mol. The first-order chi connectivity index (χ1) is 8.24. The molecule has 17 heavy (non-hydrogen) atoms. The summed E-state index contributed by atoms with van der Waals surface area (Å²) in [5.74, 6) is 0.611. The zero-order valence-corrected chi connectivity index (χ0v) is 11.2. The maximum Gasteiger partial charge on any atom is 0.189 e. The fourth-order valence-corrected chi connectivity index (χ4v) is 3.01. The van der Waals surface area contributed by atoms with Crippen LogP contribution in [0.2, 0.25) is 0 Å². The van der Waals surface area contributed by atoms with Crippen LogP contribution >= 0.6 is 11.3 Å². The van der Waals surface area contributed by atoms with E-state index in [0.717, 1.165) is 6.42 Å². The van der Waals surface area contributed by atoms with E-state index in [1.54, 1.807) is 11.3 Å². The van der Waals surface area contributed by atoms with Crippen molar-refractivity contribution in [2.75, 3.05) is 0 Å². The van der Waals surface area contributed by atoms with Gasteiger partial charge in [-0.2, -0.15) is 11.3 Å². The first kappa shape index (κ1) is 12.4. The predicted octanol–water partition coefficient (Wildman–Crippen LogP) is 2.53. The summed E-state index contributed by atoms with van der Waals surface area (Å²) in [6, 6.07) is 2.96. The van der Waals surface area contributed by atoms with Crippen molar-refractivity contribution < 1.29 is 0 Å². The maximum atomic E-state index is 5.92. The largest absolute Gasteiger partial charge is 0.370 e. The van der Waals surface area contributed by atoms with Gasteiger partial charge in [-0.15, -0.1) is 0 Å². The van der Waals surface area contributed by atoms with Gasteiger partial charge in [-0.05, 0) is 48.6 Å². The van der Waals surface area contributed by atoms with E-state index in [4.69, 9.17) is 5.73 Å². The van der Waals surface area contributed by atoms with Crippen molar-refractivity contribution in [1.82, 2.24) is 5.32 Å². The van der Waals surface area contributed by atoms with E-state index in [9.17, 15) is 0 Å². The molecule has 0 saturated heterocycles. The Bertz CT molecular complexity index is 353. The molecule has 1 aromatic heterocycles. The molecule has 4 heteroatoms. The third-order valence-electron chi connectivity index (χ3n) is 3.16. The van der Waals surface area contributed by atoms with Crippen LogP contribution in [-0.2, 0) is 6.42 Å². The average Bonchev–Trinajstić information content (AvgIpc) is 2.90. The molecule has 1 fully saturated rings. The highest BCUT2D eigenvalue weighted by atomic mass is 32.1. The molecule has 0 amide bonds. The number of nitrogens with one attached hydrogen (secondary N) is 1. The van der Waals surface area contributed by atoms with Crippen molar-refractivity contribution in [3.8, 4) is 0 Å². The lowest BCUT2D eigenvalue weighted by atomic mass is 10.1. The van der Waals surface area contributed by atoms with Crippen LogP contribution in [0.1, 0.15) is 38.2 Å².